The Morgan fingerprint density at radius 1 is 1.26 bits per heavy atom. The first-order valence-corrected chi connectivity index (χ1v) is 8.07. The lowest BCUT2D eigenvalue weighted by Crippen LogP contribution is -2.41. The number of carbonyl (C=O) groups is 2. The van der Waals surface area contributed by atoms with Crippen LogP contribution >= 0.6 is 11.8 Å². The van der Waals surface area contributed by atoms with Crippen LogP contribution in [0.5, 0.6) is 0 Å². The monoisotopic (exact) mass is 333 g/mol. The van der Waals surface area contributed by atoms with Gasteiger partial charge in [-0.1, -0.05) is 42.1 Å². The van der Waals surface area contributed by atoms with E-state index in [1.807, 2.05) is 44.3 Å². The Morgan fingerprint density at radius 3 is 2.52 bits per heavy atom. The van der Waals surface area contributed by atoms with E-state index in [1.54, 1.807) is 11.5 Å². The number of thioether (sulfide) groups is 1. The summed E-state index contributed by atoms with van der Waals surface area (Å²) >= 11 is 1.25. The highest BCUT2D eigenvalue weighted by atomic mass is 32.2. The SMILES string of the molecule is CCNC(=O)NC(=O)[C@H](Sc1nnc(C)n1C)c1ccccc1. The summed E-state index contributed by atoms with van der Waals surface area (Å²) in [5, 5.41) is 13.0. The average Bonchev–Trinajstić information content (AvgIpc) is 2.85. The van der Waals surface area contributed by atoms with Gasteiger partial charge in [0, 0.05) is 13.6 Å². The van der Waals surface area contributed by atoms with Gasteiger partial charge < -0.3 is 9.88 Å². The van der Waals surface area contributed by atoms with E-state index >= 15 is 0 Å². The van der Waals surface area contributed by atoms with Crippen molar-refractivity contribution in [2.75, 3.05) is 6.54 Å². The zero-order valence-corrected chi connectivity index (χ0v) is 14.1. The third-order valence-corrected chi connectivity index (χ3v) is 4.48. The molecule has 0 aliphatic rings. The Bertz CT molecular complexity index is 686. The van der Waals surface area contributed by atoms with Gasteiger partial charge in [0.2, 0.25) is 5.91 Å². The van der Waals surface area contributed by atoms with Crippen LogP contribution in [0.2, 0.25) is 0 Å². The maximum Gasteiger partial charge on any atom is 0.321 e. The molecule has 1 heterocycles. The molecule has 1 aromatic heterocycles. The standard InChI is InChI=1S/C15H19N5O2S/c1-4-16-14(22)17-13(21)12(11-8-6-5-7-9-11)23-15-19-18-10(2)20(15)3/h5-9,12H,4H2,1-3H3,(H2,16,17,21,22)/t12-/m1/s1. The molecule has 0 fully saturated rings. The van der Waals surface area contributed by atoms with Gasteiger partial charge in [-0.25, -0.2) is 4.79 Å². The Morgan fingerprint density at radius 2 is 1.96 bits per heavy atom. The molecule has 0 spiro atoms. The Balaban J connectivity index is 2.23. The van der Waals surface area contributed by atoms with Gasteiger partial charge >= 0.3 is 6.03 Å². The molecule has 7 nitrogen and oxygen atoms in total. The van der Waals surface area contributed by atoms with E-state index in [9.17, 15) is 9.59 Å². The van der Waals surface area contributed by atoms with Gasteiger partial charge in [0.05, 0.1) is 0 Å². The number of rotatable bonds is 5. The van der Waals surface area contributed by atoms with Crippen LogP contribution in [0.1, 0.15) is 23.6 Å². The van der Waals surface area contributed by atoms with Crippen LogP contribution in [-0.4, -0.2) is 33.2 Å². The minimum atomic E-state index is -0.596. The van der Waals surface area contributed by atoms with Crippen LogP contribution in [0.4, 0.5) is 4.79 Å². The van der Waals surface area contributed by atoms with E-state index < -0.39 is 17.2 Å². The van der Waals surface area contributed by atoms with Crippen LogP contribution in [0.25, 0.3) is 0 Å². The third kappa shape index (κ3) is 4.32. The molecule has 0 aliphatic heterocycles. The molecular formula is C15H19N5O2S. The van der Waals surface area contributed by atoms with Crippen molar-refractivity contribution in [2.45, 2.75) is 24.3 Å². The molecule has 1 atom stereocenters. The second kappa shape index (κ2) is 7.77. The lowest BCUT2D eigenvalue weighted by molar-refractivity contribution is -0.119. The van der Waals surface area contributed by atoms with Crippen LogP contribution in [0.15, 0.2) is 35.5 Å². The number of hydrogen-bond donors (Lipinski definition) is 2. The topological polar surface area (TPSA) is 88.9 Å². The smallest absolute Gasteiger partial charge is 0.321 e. The molecule has 3 amide bonds. The zero-order valence-electron chi connectivity index (χ0n) is 13.2. The van der Waals surface area contributed by atoms with Crippen LogP contribution in [-0.2, 0) is 11.8 Å². The van der Waals surface area contributed by atoms with Crippen LogP contribution < -0.4 is 10.6 Å². The summed E-state index contributed by atoms with van der Waals surface area (Å²) in [5.41, 5.74) is 0.792. The molecule has 8 heteroatoms. The molecular weight excluding hydrogens is 314 g/mol. The summed E-state index contributed by atoms with van der Waals surface area (Å²) in [4.78, 5) is 24.1. The second-order valence-corrected chi connectivity index (χ2v) is 5.92. The van der Waals surface area contributed by atoms with Gasteiger partial charge in [-0.15, -0.1) is 10.2 Å². The predicted octanol–water partition coefficient (Wildman–Crippen LogP) is 1.80. The quantitative estimate of drug-likeness (QED) is 0.815. The third-order valence-electron chi connectivity index (χ3n) is 3.19. The Kier molecular flexibility index (Phi) is 5.75. The van der Waals surface area contributed by atoms with Crippen molar-refractivity contribution in [3.63, 3.8) is 0 Å². The van der Waals surface area contributed by atoms with Gasteiger partial charge in [-0.05, 0) is 19.4 Å². The fourth-order valence-corrected chi connectivity index (χ4v) is 2.93. The second-order valence-electron chi connectivity index (χ2n) is 4.85. The molecule has 23 heavy (non-hydrogen) atoms. The molecule has 0 saturated carbocycles. The lowest BCUT2D eigenvalue weighted by atomic mass is 10.1. The molecule has 0 unspecified atom stereocenters. The van der Waals surface area contributed by atoms with Crippen molar-refractivity contribution >= 4 is 23.7 Å². The van der Waals surface area contributed by atoms with Crippen molar-refractivity contribution < 1.29 is 9.59 Å². The molecule has 2 aromatic rings. The van der Waals surface area contributed by atoms with Crippen molar-refractivity contribution in [1.82, 2.24) is 25.4 Å². The summed E-state index contributed by atoms with van der Waals surface area (Å²) < 4.78 is 1.81. The number of aryl methyl sites for hydroxylation is 1. The summed E-state index contributed by atoms with van der Waals surface area (Å²) in [5.74, 6) is 0.358. The van der Waals surface area contributed by atoms with E-state index in [1.165, 1.54) is 11.8 Å². The van der Waals surface area contributed by atoms with Crippen LogP contribution in [0, 0.1) is 6.92 Å². The molecule has 0 aliphatic carbocycles. The van der Waals surface area contributed by atoms with E-state index in [-0.39, 0.29) is 0 Å². The largest absolute Gasteiger partial charge is 0.338 e. The summed E-state index contributed by atoms with van der Waals surface area (Å²) in [7, 11) is 1.83. The number of imide groups is 1. The first-order chi connectivity index (χ1) is 11.0. The first kappa shape index (κ1) is 17.0. The zero-order chi connectivity index (χ0) is 16.8. The van der Waals surface area contributed by atoms with E-state index in [4.69, 9.17) is 0 Å². The number of carbonyl (C=O) groups excluding carboxylic acids is 2. The van der Waals surface area contributed by atoms with Crippen molar-refractivity contribution in [1.29, 1.82) is 0 Å². The number of benzene rings is 1. The van der Waals surface area contributed by atoms with Gasteiger partial charge in [0.25, 0.3) is 0 Å². The van der Waals surface area contributed by atoms with Gasteiger partial charge in [-0.2, -0.15) is 0 Å². The minimum Gasteiger partial charge on any atom is -0.338 e. The maximum atomic E-state index is 12.5. The molecule has 122 valence electrons. The van der Waals surface area contributed by atoms with Gasteiger partial charge in [0.15, 0.2) is 5.16 Å². The highest BCUT2D eigenvalue weighted by Gasteiger charge is 2.25. The van der Waals surface area contributed by atoms with Crippen LogP contribution in [0.3, 0.4) is 0 Å². The molecule has 2 N–H and O–H groups in total. The van der Waals surface area contributed by atoms with E-state index in [0.717, 1.165) is 11.4 Å². The number of urea groups is 1. The number of aromatic nitrogens is 3. The highest BCUT2D eigenvalue weighted by Crippen LogP contribution is 2.34. The van der Waals surface area contributed by atoms with E-state index in [2.05, 4.69) is 20.8 Å². The predicted molar refractivity (Wildman–Crippen MR) is 88.0 cm³/mol. The fraction of sp³-hybridized carbons (Fsp3) is 0.333. The Labute approximate surface area is 138 Å². The molecule has 2 rings (SSSR count). The minimum absolute atomic E-state index is 0.396. The van der Waals surface area contributed by atoms with Crippen molar-refractivity contribution in [3.05, 3.63) is 41.7 Å². The number of hydrogen-bond acceptors (Lipinski definition) is 5. The average molecular weight is 333 g/mol. The molecule has 0 bridgehead atoms. The Hall–Kier alpha value is -2.35. The van der Waals surface area contributed by atoms with Crippen molar-refractivity contribution in [2.24, 2.45) is 7.05 Å². The fourth-order valence-electron chi connectivity index (χ4n) is 1.88. The summed E-state index contributed by atoms with van der Waals surface area (Å²) in [6.07, 6.45) is 0. The normalized spacial score (nSPS) is 11.8. The maximum absolute atomic E-state index is 12.5. The summed E-state index contributed by atoms with van der Waals surface area (Å²) in [6, 6.07) is 8.76. The first-order valence-electron chi connectivity index (χ1n) is 7.19. The molecule has 1 aromatic carbocycles. The summed E-state index contributed by atoms with van der Waals surface area (Å²) in [6.45, 7) is 4.07. The van der Waals surface area contributed by atoms with Gasteiger partial charge in [0.1, 0.15) is 11.1 Å². The number of amides is 3. The number of nitrogens with zero attached hydrogens (tertiary/aromatic N) is 3. The number of nitrogens with one attached hydrogen (secondary N) is 2. The lowest BCUT2D eigenvalue weighted by Gasteiger charge is -2.16. The van der Waals surface area contributed by atoms with Crippen molar-refractivity contribution in [3.8, 4) is 0 Å². The highest BCUT2D eigenvalue weighted by molar-refractivity contribution is 8.00. The molecule has 0 saturated heterocycles. The van der Waals surface area contributed by atoms with E-state index in [0.29, 0.717) is 11.7 Å². The molecule has 0 radical (unpaired) electrons. The van der Waals surface area contributed by atoms with Gasteiger partial charge in [-0.3, -0.25) is 10.1 Å².